The van der Waals surface area contributed by atoms with Gasteiger partial charge in [-0.15, -0.1) is 11.3 Å². The standard InChI is InChI=1S/C27H31N3O2S/c1-20-10-7-11-21(2)26(20)32-18-6-5-17-30-23-13-4-3-12-22(23)29-25(30)15-8-16-28-27(31)24-14-9-19-33-24/h3-4,7,9-14,19H,5-6,8,15-18H2,1-2H3,(H,28,31). The van der Waals surface area contributed by atoms with E-state index in [1.807, 2.05) is 23.6 Å². The summed E-state index contributed by atoms with van der Waals surface area (Å²) >= 11 is 1.47. The van der Waals surface area contributed by atoms with Gasteiger partial charge in [0.05, 0.1) is 22.5 Å². The number of hydrogen-bond acceptors (Lipinski definition) is 4. The second-order valence-electron chi connectivity index (χ2n) is 8.28. The lowest BCUT2D eigenvalue weighted by molar-refractivity contribution is 0.0957. The Kier molecular flexibility index (Phi) is 7.79. The third-order valence-corrected chi connectivity index (χ3v) is 6.64. The lowest BCUT2D eigenvalue weighted by atomic mass is 10.1. The van der Waals surface area contributed by atoms with Gasteiger partial charge in [-0.05, 0) is 67.8 Å². The van der Waals surface area contributed by atoms with Gasteiger partial charge < -0.3 is 14.6 Å². The molecule has 2 heterocycles. The van der Waals surface area contributed by atoms with E-state index in [0.717, 1.165) is 54.2 Å². The number of imidazole rings is 1. The van der Waals surface area contributed by atoms with Gasteiger partial charge in [0.25, 0.3) is 5.91 Å². The molecule has 1 N–H and O–H groups in total. The highest BCUT2D eigenvalue weighted by molar-refractivity contribution is 7.12. The molecule has 2 aromatic carbocycles. The Balaban J connectivity index is 1.30. The topological polar surface area (TPSA) is 56.1 Å². The molecule has 0 saturated carbocycles. The highest BCUT2D eigenvalue weighted by Crippen LogP contribution is 2.23. The SMILES string of the molecule is Cc1cccc(C)c1OCCCCn1c(CCCNC(=O)c2cccs2)nc2ccccc21. The number of para-hydroxylation sites is 3. The summed E-state index contributed by atoms with van der Waals surface area (Å²) in [6, 6.07) is 18.3. The third kappa shape index (κ3) is 5.82. The van der Waals surface area contributed by atoms with Crippen LogP contribution in [0.4, 0.5) is 0 Å². The van der Waals surface area contributed by atoms with Crippen molar-refractivity contribution in [2.75, 3.05) is 13.2 Å². The maximum absolute atomic E-state index is 12.1. The van der Waals surface area contributed by atoms with Crippen LogP contribution in [-0.4, -0.2) is 28.6 Å². The molecule has 0 radical (unpaired) electrons. The van der Waals surface area contributed by atoms with Crippen molar-refractivity contribution in [3.8, 4) is 5.75 Å². The predicted molar refractivity (Wildman–Crippen MR) is 135 cm³/mol. The van der Waals surface area contributed by atoms with Crippen molar-refractivity contribution < 1.29 is 9.53 Å². The van der Waals surface area contributed by atoms with E-state index in [1.54, 1.807) is 0 Å². The molecule has 5 nitrogen and oxygen atoms in total. The molecule has 0 aliphatic carbocycles. The molecule has 1 amide bonds. The van der Waals surface area contributed by atoms with E-state index < -0.39 is 0 Å². The van der Waals surface area contributed by atoms with E-state index in [0.29, 0.717) is 13.2 Å². The van der Waals surface area contributed by atoms with Crippen LogP contribution in [0.15, 0.2) is 60.0 Å². The number of unbranched alkanes of at least 4 members (excludes halogenated alkanes) is 1. The predicted octanol–water partition coefficient (Wildman–Crippen LogP) is 5.94. The number of carbonyl (C=O) groups excluding carboxylic acids is 1. The average Bonchev–Trinajstić information content (AvgIpc) is 3.47. The first-order valence-corrected chi connectivity index (χ1v) is 12.5. The Bertz CT molecular complexity index is 1180. The molecule has 4 rings (SSSR count). The minimum absolute atomic E-state index is 0.00222. The summed E-state index contributed by atoms with van der Waals surface area (Å²) in [6.07, 6.45) is 3.69. The Hall–Kier alpha value is -3.12. The van der Waals surface area contributed by atoms with Gasteiger partial charge in [0.2, 0.25) is 0 Å². The van der Waals surface area contributed by atoms with Crippen molar-refractivity contribution in [2.45, 2.75) is 46.1 Å². The molecule has 2 aromatic heterocycles. The second kappa shape index (κ2) is 11.1. The number of hydrogen-bond donors (Lipinski definition) is 1. The number of amides is 1. The summed E-state index contributed by atoms with van der Waals surface area (Å²) in [5, 5.41) is 4.93. The first-order valence-electron chi connectivity index (χ1n) is 11.6. The van der Waals surface area contributed by atoms with Crippen molar-refractivity contribution in [3.63, 3.8) is 0 Å². The van der Waals surface area contributed by atoms with Crippen molar-refractivity contribution in [2.24, 2.45) is 0 Å². The zero-order valence-electron chi connectivity index (χ0n) is 19.3. The number of fused-ring (bicyclic) bond motifs is 1. The van der Waals surface area contributed by atoms with Gasteiger partial charge in [0.1, 0.15) is 11.6 Å². The highest BCUT2D eigenvalue weighted by Gasteiger charge is 2.11. The fourth-order valence-electron chi connectivity index (χ4n) is 4.08. The largest absolute Gasteiger partial charge is 0.493 e. The van der Waals surface area contributed by atoms with Crippen LogP contribution in [0.5, 0.6) is 5.75 Å². The number of ether oxygens (including phenoxy) is 1. The van der Waals surface area contributed by atoms with Gasteiger partial charge in [-0.25, -0.2) is 4.98 Å². The lowest BCUT2D eigenvalue weighted by Crippen LogP contribution is -2.24. The van der Waals surface area contributed by atoms with Gasteiger partial charge >= 0.3 is 0 Å². The molecule has 0 saturated heterocycles. The molecule has 0 aliphatic heterocycles. The number of nitrogens with one attached hydrogen (secondary N) is 1. The molecule has 0 spiro atoms. The summed E-state index contributed by atoms with van der Waals surface area (Å²) in [5.41, 5.74) is 4.57. The van der Waals surface area contributed by atoms with E-state index >= 15 is 0 Å². The van der Waals surface area contributed by atoms with Crippen molar-refractivity contribution in [1.29, 1.82) is 0 Å². The Morgan fingerprint density at radius 3 is 2.61 bits per heavy atom. The maximum Gasteiger partial charge on any atom is 0.261 e. The molecule has 4 aromatic rings. The zero-order chi connectivity index (χ0) is 23.0. The van der Waals surface area contributed by atoms with E-state index in [-0.39, 0.29) is 5.91 Å². The van der Waals surface area contributed by atoms with Gasteiger partial charge in [-0.1, -0.05) is 36.4 Å². The smallest absolute Gasteiger partial charge is 0.261 e. The minimum atomic E-state index is 0.00222. The molecule has 33 heavy (non-hydrogen) atoms. The summed E-state index contributed by atoms with van der Waals surface area (Å²) in [6.45, 7) is 6.45. The van der Waals surface area contributed by atoms with Gasteiger partial charge in [-0.2, -0.15) is 0 Å². The molecule has 0 fully saturated rings. The van der Waals surface area contributed by atoms with Crippen LogP contribution < -0.4 is 10.1 Å². The monoisotopic (exact) mass is 461 g/mol. The minimum Gasteiger partial charge on any atom is -0.493 e. The summed E-state index contributed by atoms with van der Waals surface area (Å²) in [4.78, 5) is 17.8. The van der Waals surface area contributed by atoms with Crippen LogP contribution >= 0.6 is 11.3 Å². The Morgan fingerprint density at radius 1 is 1.00 bits per heavy atom. The highest BCUT2D eigenvalue weighted by atomic mass is 32.1. The Labute approximate surface area is 199 Å². The number of aromatic nitrogens is 2. The van der Waals surface area contributed by atoms with E-state index in [1.165, 1.54) is 28.0 Å². The summed E-state index contributed by atoms with van der Waals surface area (Å²) in [5.74, 6) is 2.09. The van der Waals surface area contributed by atoms with Crippen molar-refractivity contribution in [3.05, 3.63) is 81.8 Å². The molecule has 6 heteroatoms. The maximum atomic E-state index is 12.1. The molecular weight excluding hydrogens is 430 g/mol. The quantitative estimate of drug-likeness (QED) is 0.281. The zero-order valence-corrected chi connectivity index (χ0v) is 20.2. The normalized spacial score (nSPS) is 11.1. The van der Waals surface area contributed by atoms with E-state index in [2.05, 4.69) is 60.1 Å². The number of carbonyl (C=O) groups is 1. The van der Waals surface area contributed by atoms with Gasteiger partial charge in [-0.3, -0.25) is 4.79 Å². The van der Waals surface area contributed by atoms with Crippen LogP contribution in [0, 0.1) is 13.8 Å². The number of aryl methyl sites for hydroxylation is 4. The van der Waals surface area contributed by atoms with E-state index in [4.69, 9.17) is 9.72 Å². The molecule has 0 bridgehead atoms. The molecule has 172 valence electrons. The van der Waals surface area contributed by atoms with E-state index in [9.17, 15) is 4.79 Å². The van der Waals surface area contributed by atoms with Gasteiger partial charge in [0, 0.05) is 19.5 Å². The molecular formula is C27H31N3O2S. The van der Waals surface area contributed by atoms with Gasteiger partial charge in [0.15, 0.2) is 0 Å². The van der Waals surface area contributed by atoms with Crippen LogP contribution in [0.1, 0.15) is 45.9 Å². The number of thiophene rings is 1. The number of benzene rings is 2. The number of rotatable bonds is 11. The first kappa shape index (κ1) is 23.1. The van der Waals surface area contributed by atoms with Crippen LogP contribution in [-0.2, 0) is 13.0 Å². The van der Waals surface area contributed by atoms with Crippen LogP contribution in [0.25, 0.3) is 11.0 Å². The van der Waals surface area contributed by atoms with Crippen molar-refractivity contribution in [1.82, 2.24) is 14.9 Å². The fourth-order valence-corrected chi connectivity index (χ4v) is 4.72. The van der Waals surface area contributed by atoms with Crippen molar-refractivity contribution >= 4 is 28.3 Å². The summed E-state index contributed by atoms with van der Waals surface area (Å²) < 4.78 is 8.40. The second-order valence-corrected chi connectivity index (χ2v) is 9.23. The molecule has 0 aliphatic rings. The summed E-state index contributed by atoms with van der Waals surface area (Å²) in [7, 11) is 0. The molecule has 0 atom stereocenters. The fraction of sp³-hybridized carbons (Fsp3) is 0.333. The Morgan fingerprint density at radius 2 is 1.82 bits per heavy atom. The number of nitrogens with zero attached hydrogens (tertiary/aromatic N) is 2. The van der Waals surface area contributed by atoms with Crippen LogP contribution in [0.2, 0.25) is 0 Å². The lowest BCUT2D eigenvalue weighted by Gasteiger charge is -2.13. The molecule has 0 unspecified atom stereocenters. The first-order chi connectivity index (χ1) is 16.1. The van der Waals surface area contributed by atoms with Crippen LogP contribution in [0.3, 0.4) is 0 Å². The average molecular weight is 462 g/mol. The third-order valence-electron chi connectivity index (χ3n) is 5.77.